The second-order valence-electron chi connectivity index (χ2n) is 5.73. The second-order valence-corrected chi connectivity index (χ2v) is 5.73. The van der Waals surface area contributed by atoms with Gasteiger partial charge in [-0.3, -0.25) is 9.59 Å². The molecule has 6 heteroatoms. The molecule has 1 aliphatic heterocycles. The first-order chi connectivity index (χ1) is 11.1. The standard InChI is InChI=1S/C17H24FN3O2/c18-15-4-2-14(3-5-15)16(22)6-7-17(23)20-8-1-11-21-12-9-19-10-13-21/h2-5,19H,1,6-13H2,(H,20,23). The molecule has 1 aromatic rings. The van der Waals surface area contributed by atoms with Crippen molar-refractivity contribution in [2.45, 2.75) is 19.3 Å². The Bertz CT molecular complexity index is 513. The van der Waals surface area contributed by atoms with E-state index in [4.69, 9.17) is 0 Å². The van der Waals surface area contributed by atoms with Gasteiger partial charge in [-0.05, 0) is 37.2 Å². The molecule has 0 unspecified atom stereocenters. The molecule has 2 rings (SSSR count). The van der Waals surface area contributed by atoms with Crippen molar-refractivity contribution in [1.29, 1.82) is 0 Å². The molecular weight excluding hydrogens is 297 g/mol. The molecule has 1 aromatic carbocycles. The zero-order chi connectivity index (χ0) is 16.5. The number of carbonyl (C=O) groups excluding carboxylic acids is 2. The summed E-state index contributed by atoms with van der Waals surface area (Å²) < 4.78 is 12.8. The Morgan fingerprint density at radius 2 is 1.83 bits per heavy atom. The van der Waals surface area contributed by atoms with Crippen molar-refractivity contribution < 1.29 is 14.0 Å². The van der Waals surface area contributed by atoms with Gasteiger partial charge in [-0.2, -0.15) is 0 Å². The van der Waals surface area contributed by atoms with Gasteiger partial charge in [-0.1, -0.05) is 0 Å². The normalized spacial score (nSPS) is 15.3. The van der Waals surface area contributed by atoms with Crippen molar-refractivity contribution in [3.05, 3.63) is 35.6 Å². The lowest BCUT2D eigenvalue weighted by Gasteiger charge is -2.27. The molecule has 1 fully saturated rings. The highest BCUT2D eigenvalue weighted by Gasteiger charge is 2.10. The zero-order valence-corrected chi connectivity index (χ0v) is 13.3. The summed E-state index contributed by atoms with van der Waals surface area (Å²) in [6.45, 7) is 5.78. The van der Waals surface area contributed by atoms with Crippen molar-refractivity contribution in [3.63, 3.8) is 0 Å². The average Bonchev–Trinajstić information content (AvgIpc) is 2.58. The Labute approximate surface area is 136 Å². The van der Waals surface area contributed by atoms with E-state index in [9.17, 15) is 14.0 Å². The summed E-state index contributed by atoms with van der Waals surface area (Å²) in [5.74, 6) is -0.620. The predicted octanol–water partition coefficient (Wildman–Crippen LogP) is 1.20. The molecule has 0 radical (unpaired) electrons. The number of carbonyl (C=O) groups is 2. The highest BCUT2D eigenvalue weighted by atomic mass is 19.1. The molecule has 0 spiro atoms. The van der Waals surface area contributed by atoms with E-state index < -0.39 is 0 Å². The van der Waals surface area contributed by atoms with Crippen molar-refractivity contribution in [1.82, 2.24) is 15.5 Å². The van der Waals surface area contributed by atoms with E-state index in [2.05, 4.69) is 15.5 Å². The lowest BCUT2D eigenvalue weighted by molar-refractivity contribution is -0.121. The highest BCUT2D eigenvalue weighted by Crippen LogP contribution is 2.07. The fourth-order valence-corrected chi connectivity index (χ4v) is 2.56. The molecule has 0 aromatic heterocycles. The smallest absolute Gasteiger partial charge is 0.220 e. The number of halogens is 1. The summed E-state index contributed by atoms with van der Waals surface area (Å²) >= 11 is 0. The van der Waals surface area contributed by atoms with Crippen LogP contribution in [0.4, 0.5) is 4.39 Å². The van der Waals surface area contributed by atoms with Gasteiger partial charge in [0.2, 0.25) is 5.91 Å². The van der Waals surface area contributed by atoms with Crippen LogP contribution in [0.1, 0.15) is 29.6 Å². The minimum Gasteiger partial charge on any atom is -0.356 e. The maximum Gasteiger partial charge on any atom is 0.220 e. The largest absolute Gasteiger partial charge is 0.356 e. The van der Waals surface area contributed by atoms with Crippen LogP contribution in [0.25, 0.3) is 0 Å². The number of Topliss-reactive ketones (excluding diaryl/α,β-unsaturated/α-hetero) is 1. The van der Waals surface area contributed by atoms with Gasteiger partial charge in [0.05, 0.1) is 0 Å². The van der Waals surface area contributed by atoms with Crippen molar-refractivity contribution in [2.75, 3.05) is 39.3 Å². The quantitative estimate of drug-likeness (QED) is 0.558. The Hall–Kier alpha value is -1.79. The van der Waals surface area contributed by atoms with Gasteiger partial charge in [0.25, 0.3) is 0 Å². The van der Waals surface area contributed by atoms with Gasteiger partial charge in [-0.15, -0.1) is 0 Å². The van der Waals surface area contributed by atoms with Crippen LogP contribution in [0.5, 0.6) is 0 Å². The molecular formula is C17H24FN3O2. The number of rotatable bonds is 8. The molecule has 1 saturated heterocycles. The maximum atomic E-state index is 12.8. The van der Waals surface area contributed by atoms with Gasteiger partial charge < -0.3 is 15.5 Å². The van der Waals surface area contributed by atoms with Gasteiger partial charge in [0.15, 0.2) is 5.78 Å². The van der Waals surface area contributed by atoms with E-state index in [0.29, 0.717) is 12.1 Å². The fraction of sp³-hybridized carbons (Fsp3) is 0.529. The number of nitrogens with one attached hydrogen (secondary N) is 2. The molecule has 1 amide bonds. The molecule has 23 heavy (non-hydrogen) atoms. The maximum absolute atomic E-state index is 12.8. The van der Waals surface area contributed by atoms with Crippen molar-refractivity contribution in [2.24, 2.45) is 0 Å². The summed E-state index contributed by atoms with van der Waals surface area (Å²) in [4.78, 5) is 26.0. The molecule has 0 saturated carbocycles. The summed E-state index contributed by atoms with van der Waals surface area (Å²) in [5.41, 5.74) is 0.443. The Morgan fingerprint density at radius 1 is 1.13 bits per heavy atom. The summed E-state index contributed by atoms with van der Waals surface area (Å²) in [5, 5.41) is 6.15. The molecule has 1 heterocycles. The summed E-state index contributed by atoms with van der Waals surface area (Å²) in [6.07, 6.45) is 1.23. The van der Waals surface area contributed by atoms with Crippen LogP contribution in [0, 0.1) is 5.82 Å². The number of hydrogen-bond acceptors (Lipinski definition) is 4. The third-order valence-corrected chi connectivity index (χ3v) is 3.93. The third kappa shape index (κ3) is 6.46. The third-order valence-electron chi connectivity index (χ3n) is 3.93. The van der Waals surface area contributed by atoms with E-state index >= 15 is 0 Å². The van der Waals surface area contributed by atoms with Crippen LogP contribution < -0.4 is 10.6 Å². The van der Waals surface area contributed by atoms with Crippen molar-refractivity contribution >= 4 is 11.7 Å². The van der Waals surface area contributed by atoms with E-state index in [-0.39, 0.29) is 30.3 Å². The number of benzene rings is 1. The molecule has 126 valence electrons. The first-order valence-corrected chi connectivity index (χ1v) is 8.14. The first-order valence-electron chi connectivity index (χ1n) is 8.14. The van der Waals surface area contributed by atoms with E-state index in [1.165, 1.54) is 24.3 Å². The van der Waals surface area contributed by atoms with Crippen molar-refractivity contribution in [3.8, 4) is 0 Å². The Balaban J connectivity index is 1.57. The van der Waals surface area contributed by atoms with Gasteiger partial charge in [-0.25, -0.2) is 4.39 Å². The van der Waals surface area contributed by atoms with Gasteiger partial charge in [0.1, 0.15) is 5.82 Å². The molecule has 0 bridgehead atoms. The second kappa shape index (κ2) is 9.37. The number of ketones is 1. The van der Waals surface area contributed by atoms with Crippen LogP contribution >= 0.6 is 0 Å². The van der Waals surface area contributed by atoms with Crippen LogP contribution in [-0.2, 0) is 4.79 Å². The number of nitrogens with zero attached hydrogens (tertiary/aromatic N) is 1. The summed E-state index contributed by atoms with van der Waals surface area (Å²) in [7, 11) is 0. The van der Waals surface area contributed by atoms with E-state index in [1.54, 1.807) is 0 Å². The van der Waals surface area contributed by atoms with E-state index in [0.717, 1.165) is 39.1 Å². The minimum absolute atomic E-state index is 0.110. The van der Waals surface area contributed by atoms with Gasteiger partial charge in [0, 0.05) is 51.1 Å². The lowest BCUT2D eigenvalue weighted by Crippen LogP contribution is -2.44. The highest BCUT2D eigenvalue weighted by molar-refractivity contribution is 5.97. The fourth-order valence-electron chi connectivity index (χ4n) is 2.56. The SMILES string of the molecule is O=C(CCC(=O)c1ccc(F)cc1)NCCCN1CCNCC1. The predicted molar refractivity (Wildman–Crippen MR) is 86.9 cm³/mol. The van der Waals surface area contributed by atoms with Crippen LogP contribution in [0.3, 0.4) is 0 Å². The van der Waals surface area contributed by atoms with Crippen LogP contribution in [0.15, 0.2) is 24.3 Å². The van der Waals surface area contributed by atoms with E-state index in [1.807, 2.05) is 0 Å². The number of piperazine rings is 1. The van der Waals surface area contributed by atoms with Gasteiger partial charge >= 0.3 is 0 Å². The molecule has 5 nitrogen and oxygen atoms in total. The Morgan fingerprint density at radius 3 is 2.52 bits per heavy atom. The Kier molecular flexibility index (Phi) is 7.16. The summed E-state index contributed by atoms with van der Waals surface area (Å²) in [6, 6.07) is 5.40. The van der Waals surface area contributed by atoms with Crippen LogP contribution in [0.2, 0.25) is 0 Å². The number of hydrogen-bond donors (Lipinski definition) is 2. The van der Waals surface area contributed by atoms with Crippen LogP contribution in [-0.4, -0.2) is 55.9 Å². The molecule has 0 atom stereocenters. The molecule has 2 N–H and O–H groups in total. The lowest BCUT2D eigenvalue weighted by atomic mass is 10.1. The number of amides is 1. The first kappa shape index (κ1) is 17.6. The molecule has 1 aliphatic rings. The monoisotopic (exact) mass is 321 g/mol. The topological polar surface area (TPSA) is 61.4 Å². The molecule has 0 aliphatic carbocycles. The average molecular weight is 321 g/mol. The minimum atomic E-state index is -0.372. The zero-order valence-electron chi connectivity index (χ0n) is 13.3.